The molecule has 0 saturated carbocycles. The summed E-state index contributed by atoms with van der Waals surface area (Å²) >= 11 is 0. The van der Waals surface area contributed by atoms with Crippen molar-refractivity contribution >= 4 is 17.7 Å². The number of nitrogens with one attached hydrogen (secondary N) is 2. The van der Waals surface area contributed by atoms with Gasteiger partial charge in [0, 0.05) is 20.0 Å². The van der Waals surface area contributed by atoms with Crippen molar-refractivity contribution in [3.8, 4) is 0 Å². The molecule has 86 valence electrons. The summed E-state index contributed by atoms with van der Waals surface area (Å²) < 4.78 is 0. The number of carboxylic acid groups (broad SMARTS) is 1. The van der Waals surface area contributed by atoms with Crippen molar-refractivity contribution in [1.82, 2.24) is 15.3 Å². The highest BCUT2D eigenvalue weighted by atomic mass is 16.4. The van der Waals surface area contributed by atoms with Crippen LogP contribution in [0.3, 0.4) is 0 Å². The van der Waals surface area contributed by atoms with E-state index in [2.05, 4.69) is 20.6 Å². The van der Waals surface area contributed by atoms with Gasteiger partial charge in [-0.2, -0.15) is 0 Å². The summed E-state index contributed by atoms with van der Waals surface area (Å²) in [6.45, 7) is 2.32. The molecule has 0 radical (unpaired) electrons. The highest BCUT2D eigenvalue weighted by Gasteiger charge is 2.05. The molecule has 16 heavy (non-hydrogen) atoms. The number of carbonyl (C=O) groups is 2. The molecule has 0 aliphatic carbocycles. The molecule has 0 aromatic carbocycles. The molecule has 3 N–H and O–H groups in total. The Bertz CT molecular complexity index is 394. The van der Waals surface area contributed by atoms with Crippen LogP contribution < -0.4 is 10.6 Å². The summed E-state index contributed by atoms with van der Waals surface area (Å²) in [7, 11) is 0. The van der Waals surface area contributed by atoms with Gasteiger partial charge in [0.2, 0.25) is 5.91 Å². The van der Waals surface area contributed by atoms with E-state index >= 15 is 0 Å². The number of amides is 1. The molecule has 0 spiro atoms. The molecule has 1 amide bonds. The normalized spacial score (nSPS) is 9.56. The summed E-state index contributed by atoms with van der Waals surface area (Å²) in [4.78, 5) is 28.7. The van der Waals surface area contributed by atoms with E-state index in [-0.39, 0.29) is 11.6 Å². The van der Waals surface area contributed by atoms with Crippen molar-refractivity contribution < 1.29 is 14.7 Å². The zero-order valence-corrected chi connectivity index (χ0v) is 8.73. The predicted octanol–water partition coefficient (Wildman–Crippen LogP) is -0.277. The number of aromatic carboxylic acids is 1. The Hall–Kier alpha value is -2.18. The quantitative estimate of drug-likeness (QED) is 0.594. The lowest BCUT2D eigenvalue weighted by atomic mass is 10.4. The molecule has 1 heterocycles. The maximum atomic E-state index is 10.6. The van der Waals surface area contributed by atoms with Gasteiger partial charge in [0.25, 0.3) is 0 Å². The SMILES string of the molecule is CC(=O)NCCNc1cncc(C(=O)O)n1. The van der Waals surface area contributed by atoms with Gasteiger partial charge in [-0.1, -0.05) is 0 Å². The van der Waals surface area contributed by atoms with Gasteiger partial charge in [-0.3, -0.25) is 9.78 Å². The molecule has 1 rings (SSSR count). The van der Waals surface area contributed by atoms with Crippen molar-refractivity contribution in [3.63, 3.8) is 0 Å². The van der Waals surface area contributed by atoms with Gasteiger partial charge >= 0.3 is 5.97 Å². The number of carboxylic acids is 1. The molecule has 0 atom stereocenters. The van der Waals surface area contributed by atoms with Crippen LogP contribution in [0.2, 0.25) is 0 Å². The maximum absolute atomic E-state index is 10.6. The third-order valence-corrected chi connectivity index (χ3v) is 1.66. The van der Waals surface area contributed by atoms with Crippen LogP contribution >= 0.6 is 0 Å². The molecule has 0 unspecified atom stereocenters. The summed E-state index contributed by atoms with van der Waals surface area (Å²) in [5.41, 5.74) is -0.121. The summed E-state index contributed by atoms with van der Waals surface area (Å²) in [5, 5.41) is 14.1. The second kappa shape index (κ2) is 5.64. The van der Waals surface area contributed by atoms with Gasteiger partial charge in [-0.25, -0.2) is 9.78 Å². The minimum atomic E-state index is -1.13. The highest BCUT2D eigenvalue weighted by Crippen LogP contribution is 2.00. The van der Waals surface area contributed by atoms with Crippen LogP contribution in [-0.2, 0) is 4.79 Å². The Morgan fingerprint density at radius 2 is 2.12 bits per heavy atom. The molecule has 7 heteroatoms. The lowest BCUT2D eigenvalue weighted by Crippen LogP contribution is -2.26. The molecule has 0 fully saturated rings. The second-order valence-corrected chi connectivity index (χ2v) is 3.00. The molecular formula is C9H12N4O3. The summed E-state index contributed by atoms with van der Waals surface area (Å²) in [6, 6.07) is 0. The number of nitrogens with zero attached hydrogens (tertiary/aromatic N) is 2. The van der Waals surface area contributed by atoms with E-state index in [1.807, 2.05) is 0 Å². The maximum Gasteiger partial charge on any atom is 0.356 e. The van der Waals surface area contributed by atoms with Crippen molar-refractivity contribution in [3.05, 3.63) is 18.1 Å². The molecule has 7 nitrogen and oxygen atoms in total. The largest absolute Gasteiger partial charge is 0.476 e. The van der Waals surface area contributed by atoms with Crippen LogP contribution in [-0.4, -0.2) is 40.0 Å². The second-order valence-electron chi connectivity index (χ2n) is 3.00. The number of anilines is 1. The standard InChI is InChI=1S/C9H12N4O3/c1-6(14)11-2-3-12-8-5-10-4-7(13-8)9(15)16/h4-5H,2-3H2,1H3,(H,11,14)(H,12,13)(H,15,16). The van der Waals surface area contributed by atoms with E-state index in [1.165, 1.54) is 19.3 Å². The molecular weight excluding hydrogens is 212 g/mol. The fourth-order valence-electron chi connectivity index (χ4n) is 0.983. The molecule has 1 aromatic heterocycles. The van der Waals surface area contributed by atoms with Gasteiger partial charge in [-0.15, -0.1) is 0 Å². The minimum Gasteiger partial charge on any atom is -0.476 e. The van der Waals surface area contributed by atoms with Crippen LogP contribution in [0.4, 0.5) is 5.82 Å². The first kappa shape index (κ1) is 11.9. The molecule has 1 aromatic rings. The first-order valence-corrected chi connectivity index (χ1v) is 4.63. The van der Waals surface area contributed by atoms with Gasteiger partial charge in [0.05, 0.1) is 12.4 Å². The lowest BCUT2D eigenvalue weighted by molar-refractivity contribution is -0.118. The fourth-order valence-corrected chi connectivity index (χ4v) is 0.983. The van der Waals surface area contributed by atoms with Crippen molar-refractivity contribution in [2.75, 3.05) is 18.4 Å². The van der Waals surface area contributed by atoms with Crippen molar-refractivity contribution in [1.29, 1.82) is 0 Å². The van der Waals surface area contributed by atoms with Gasteiger partial charge < -0.3 is 15.7 Å². The average Bonchev–Trinajstić information content (AvgIpc) is 2.24. The Labute approximate surface area is 91.9 Å². The van der Waals surface area contributed by atoms with E-state index < -0.39 is 5.97 Å². The molecule has 0 aliphatic heterocycles. The fraction of sp³-hybridized carbons (Fsp3) is 0.333. The van der Waals surface area contributed by atoms with Crippen LogP contribution in [0.25, 0.3) is 0 Å². The van der Waals surface area contributed by atoms with Crippen LogP contribution in [0.1, 0.15) is 17.4 Å². The van der Waals surface area contributed by atoms with Gasteiger partial charge in [0.1, 0.15) is 5.82 Å². The third kappa shape index (κ3) is 3.91. The topological polar surface area (TPSA) is 104 Å². The predicted molar refractivity (Wildman–Crippen MR) is 56.2 cm³/mol. The number of hydrogen-bond donors (Lipinski definition) is 3. The minimum absolute atomic E-state index is 0.118. The zero-order chi connectivity index (χ0) is 12.0. The van der Waals surface area contributed by atoms with E-state index in [4.69, 9.17) is 5.11 Å². The van der Waals surface area contributed by atoms with Gasteiger partial charge in [-0.05, 0) is 0 Å². The van der Waals surface area contributed by atoms with E-state index in [0.717, 1.165) is 0 Å². The monoisotopic (exact) mass is 224 g/mol. The Morgan fingerprint density at radius 3 is 2.75 bits per heavy atom. The molecule has 0 saturated heterocycles. The summed E-state index contributed by atoms with van der Waals surface area (Å²) in [6.07, 6.45) is 2.58. The number of hydrogen-bond acceptors (Lipinski definition) is 5. The third-order valence-electron chi connectivity index (χ3n) is 1.66. The Morgan fingerprint density at radius 1 is 1.38 bits per heavy atom. The van der Waals surface area contributed by atoms with E-state index in [9.17, 15) is 9.59 Å². The highest BCUT2D eigenvalue weighted by molar-refractivity contribution is 5.85. The number of rotatable bonds is 5. The first-order chi connectivity index (χ1) is 7.59. The van der Waals surface area contributed by atoms with E-state index in [1.54, 1.807) is 0 Å². The lowest BCUT2D eigenvalue weighted by Gasteiger charge is -2.05. The number of carbonyl (C=O) groups excluding carboxylic acids is 1. The Kier molecular flexibility index (Phi) is 4.19. The number of aromatic nitrogens is 2. The van der Waals surface area contributed by atoms with Crippen molar-refractivity contribution in [2.24, 2.45) is 0 Å². The van der Waals surface area contributed by atoms with E-state index in [0.29, 0.717) is 18.9 Å². The Balaban J connectivity index is 2.45. The zero-order valence-electron chi connectivity index (χ0n) is 8.73. The summed E-state index contributed by atoms with van der Waals surface area (Å²) in [5.74, 6) is -0.879. The van der Waals surface area contributed by atoms with Crippen LogP contribution in [0.5, 0.6) is 0 Å². The average molecular weight is 224 g/mol. The van der Waals surface area contributed by atoms with Crippen molar-refractivity contribution in [2.45, 2.75) is 6.92 Å². The smallest absolute Gasteiger partial charge is 0.356 e. The van der Waals surface area contributed by atoms with Crippen LogP contribution in [0, 0.1) is 0 Å². The molecule has 0 aliphatic rings. The van der Waals surface area contributed by atoms with Gasteiger partial charge in [0.15, 0.2) is 5.69 Å². The van der Waals surface area contributed by atoms with Crippen LogP contribution in [0.15, 0.2) is 12.4 Å². The first-order valence-electron chi connectivity index (χ1n) is 4.63. The molecule has 0 bridgehead atoms.